The maximum absolute atomic E-state index is 12.0. The molecule has 0 aliphatic rings. The van der Waals surface area contributed by atoms with Gasteiger partial charge < -0.3 is 15.8 Å². The highest BCUT2D eigenvalue weighted by Crippen LogP contribution is 2.22. The van der Waals surface area contributed by atoms with Crippen molar-refractivity contribution >= 4 is 17.3 Å². The molecule has 88 valence electrons. The summed E-state index contributed by atoms with van der Waals surface area (Å²) in [6.45, 7) is 0. The van der Waals surface area contributed by atoms with Crippen LogP contribution in [0.4, 0.5) is 11.4 Å². The molecule has 17 heavy (non-hydrogen) atoms. The average molecular weight is 232 g/mol. The molecular weight excluding hydrogens is 220 g/mol. The lowest BCUT2D eigenvalue weighted by Gasteiger charge is -2.08. The van der Waals surface area contributed by atoms with Crippen LogP contribution in [0.25, 0.3) is 0 Å². The summed E-state index contributed by atoms with van der Waals surface area (Å²) < 4.78 is 5.10. The zero-order chi connectivity index (χ0) is 12.3. The van der Waals surface area contributed by atoms with Crippen molar-refractivity contribution in [2.75, 3.05) is 18.2 Å². The van der Waals surface area contributed by atoms with Crippen LogP contribution in [0.3, 0.4) is 0 Å². The number of aromatic amines is 1. The monoisotopic (exact) mass is 232 g/mol. The van der Waals surface area contributed by atoms with Gasteiger partial charge in [0, 0.05) is 11.9 Å². The van der Waals surface area contributed by atoms with E-state index in [0.717, 1.165) is 0 Å². The van der Waals surface area contributed by atoms with Gasteiger partial charge in [0.15, 0.2) is 0 Å². The Bertz CT molecular complexity index is 522. The Hall–Kier alpha value is -2.50. The quantitative estimate of drug-likeness (QED) is 0.694. The molecule has 0 fully saturated rings. The van der Waals surface area contributed by atoms with E-state index in [-0.39, 0.29) is 5.91 Å². The summed E-state index contributed by atoms with van der Waals surface area (Å²) in [5, 5.41) is 9.01. The number of benzene rings is 1. The highest BCUT2D eigenvalue weighted by molar-refractivity contribution is 6.06. The van der Waals surface area contributed by atoms with Crippen molar-refractivity contribution in [1.82, 2.24) is 10.2 Å². The second-order valence-corrected chi connectivity index (χ2v) is 3.40. The first kappa shape index (κ1) is 11.0. The molecule has 0 atom stereocenters. The maximum atomic E-state index is 12.0. The van der Waals surface area contributed by atoms with E-state index in [1.54, 1.807) is 24.4 Å². The van der Waals surface area contributed by atoms with Crippen LogP contribution in [-0.2, 0) is 0 Å². The minimum absolute atomic E-state index is 0.296. The zero-order valence-electron chi connectivity index (χ0n) is 9.23. The van der Waals surface area contributed by atoms with Crippen molar-refractivity contribution < 1.29 is 9.53 Å². The van der Waals surface area contributed by atoms with Gasteiger partial charge in [-0.15, -0.1) is 0 Å². The number of nitrogen functional groups attached to an aromatic ring is 1. The van der Waals surface area contributed by atoms with Gasteiger partial charge in [0.25, 0.3) is 5.91 Å². The van der Waals surface area contributed by atoms with Crippen LogP contribution in [0, 0.1) is 0 Å². The smallest absolute Gasteiger partial charge is 0.259 e. The fraction of sp³-hybridized carbons (Fsp3) is 0.0909. The summed E-state index contributed by atoms with van der Waals surface area (Å²) in [4.78, 5) is 12.0. The maximum Gasteiger partial charge on any atom is 0.259 e. The van der Waals surface area contributed by atoms with Gasteiger partial charge in [0.2, 0.25) is 0 Å². The number of nitrogens with two attached hydrogens (primary N) is 1. The van der Waals surface area contributed by atoms with Crippen LogP contribution >= 0.6 is 0 Å². The summed E-state index contributed by atoms with van der Waals surface area (Å²) in [6.07, 6.45) is 3.09. The Morgan fingerprint density at radius 3 is 3.00 bits per heavy atom. The number of H-pyrrole nitrogens is 1. The number of carbonyl (C=O) groups is 1. The molecule has 0 bridgehead atoms. The first-order chi connectivity index (χ1) is 8.20. The van der Waals surface area contributed by atoms with Gasteiger partial charge in [0.1, 0.15) is 5.75 Å². The van der Waals surface area contributed by atoms with E-state index in [2.05, 4.69) is 15.5 Å². The molecule has 6 heteroatoms. The number of carbonyl (C=O) groups excluding carboxylic acids is 1. The standard InChI is InChI=1S/C11H12N4O2/c1-17-10-3-2-7(12)4-9(10)11(16)15-8-5-13-14-6-8/h2-6H,12H2,1H3,(H,13,14)(H,15,16). The van der Waals surface area contributed by atoms with Crippen molar-refractivity contribution in [3.63, 3.8) is 0 Å². The summed E-state index contributed by atoms with van der Waals surface area (Å²) in [5.74, 6) is 0.177. The van der Waals surface area contributed by atoms with E-state index < -0.39 is 0 Å². The first-order valence-electron chi connectivity index (χ1n) is 4.94. The van der Waals surface area contributed by atoms with Gasteiger partial charge in [-0.2, -0.15) is 5.10 Å². The summed E-state index contributed by atoms with van der Waals surface area (Å²) in [6, 6.07) is 4.89. The number of nitrogens with zero attached hydrogens (tertiary/aromatic N) is 1. The molecule has 1 aromatic heterocycles. The molecule has 6 nitrogen and oxygen atoms in total. The third-order valence-electron chi connectivity index (χ3n) is 2.22. The number of amides is 1. The largest absolute Gasteiger partial charge is 0.496 e. The zero-order valence-corrected chi connectivity index (χ0v) is 9.23. The van der Waals surface area contributed by atoms with E-state index in [1.165, 1.54) is 13.3 Å². The van der Waals surface area contributed by atoms with Gasteiger partial charge in [-0.25, -0.2) is 0 Å². The SMILES string of the molecule is COc1ccc(N)cc1C(=O)Nc1cn[nH]c1. The summed E-state index contributed by atoms with van der Waals surface area (Å²) in [5.41, 5.74) is 7.11. The Morgan fingerprint density at radius 2 is 2.35 bits per heavy atom. The minimum Gasteiger partial charge on any atom is -0.496 e. The average Bonchev–Trinajstić information content (AvgIpc) is 2.81. The van der Waals surface area contributed by atoms with Crippen molar-refractivity contribution in [2.45, 2.75) is 0 Å². The molecule has 1 aromatic carbocycles. The molecule has 1 amide bonds. The molecule has 0 spiro atoms. The molecule has 4 N–H and O–H groups in total. The van der Waals surface area contributed by atoms with Crippen LogP contribution in [0.1, 0.15) is 10.4 Å². The van der Waals surface area contributed by atoms with E-state index in [0.29, 0.717) is 22.7 Å². The molecular formula is C11H12N4O2. The van der Waals surface area contributed by atoms with Crippen LogP contribution in [0.15, 0.2) is 30.6 Å². The number of nitrogens with one attached hydrogen (secondary N) is 2. The van der Waals surface area contributed by atoms with E-state index in [1.807, 2.05) is 0 Å². The van der Waals surface area contributed by atoms with Gasteiger partial charge in [-0.1, -0.05) is 0 Å². The highest BCUT2D eigenvalue weighted by Gasteiger charge is 2.13. The Balaban J connectivity index is 2.26. The predicted octanol–water partition coefficient (Wildman–Crippen LogP) is 1.25. The van der Waals surface area contributed by atoms with Crippen molar-refractivity contribution in [1.29, 1.82) is 0 Å². The summed E-state index contributed by atoms with van der Waals surface area (Å²) >= 11 is 0. The van der Waals surface area contributed by atoms with Crippen molar-refractivity contribution in [3.05, 3.63) is 36.2 Å². The molecule has 1 heterocycles. The number of hydrogen-bond acceptors (Lipinski definition) is 4. The van der Waals surface area contributed by atoms with Crippen LogP contribution in [0.5, 0.6) is 5.75 Å². The highest BCUT2D eigenvalue weighted by atomic mass is 16.5. The Morgan fingerprint density at radius 1 is 1.53 bits per heavy atom. The number of ether oxygens (including phenoxy) is 1. The summed E-state index contributed by atoms with van der Waals surface area (Å²) in [7, 11) is 1.50. The van der Waals surface area contributed by atoms with Crippen LogP contribution in [0.2, 0.25) is 0 Å². The fourth-order valence-corrected chi connectivity index (χ4v) is 1.42. The van der Waals surface area contributed by atoms with Gasteiger partial charge in [0.05, 0.1) is 24.6 Å². The molecule has 0 unspecified atom stereocenters. The molecule has 2 rings (SSSR count). The van der Waals surface area contributed by atoms with E-state index in [4.69, 9.17) is 10.5 Å². The lowest BCUT2D eigenvalue weighted by atomic mass is 10.1. The first-order valence-corrected chi connectivity index (χ1v) is 4.94. The number of methoxy groups -OCH3 is 1. The topological polar surface area (TPSA) is 93.0 Å². The molecule has 0 radical (unpaired) electrons. The Kier molecular flexibility index (Phi) is 2.95. The molecule has 0 aliphatic carbocycles. The lowest BCUT2D eigenvalue weighted by molar-refractivity contribution is 0.102. The normalized spacial score (nSPS) is 9.94. The number of rotatable bonds is 3. The van der Waals surface area contributed by atoms with Crippen molar-refractivity contribution in [2.24, 2.45) is 0 Å². The minimum atomic E-state index is -0.296. The van der Waals surface area contributed by atoms with E-state index >= 15 is 0 Å². The van der Waals surface area contributed by atoms with Gasteiger partial charge in [-0.05, 0) is 18.2 Å². The molecule has 0 aliphatic heterocycles. The predicted molar refractivity (Wildman–Crippen MR) is 63.9 cm³/mol. The fourth-order valence-electron chi connectivity index (χ4n) is 1.42. The van der Waals surface area contributed by atoms with Crippen LogP contribution < -0.4 is 15.8 Å². The van der Waals surface area contributed by atoms with Gasteiger partial charge in [-0.3, -0.25) is 9.89 Å². The second-order valence-electron chi connectivity index (χ2n) is 3.40. The van der Waals surface area contributed by atoms with E-state index in [9.17, 15) is 4.79 Å². The lowest BCUT2D eigenvalue weighted by Crippen LogP contribution is -2.13. The van der Waals surface area contributed by atoms with Crippen LogP contribution in [-0.4, -0.2) is 23.2 Å². The molecule has 2 aromatic rings. The molecule has 0 saturated heterocycles. The molecule has 0 saturated carbocycles. The van der Waals surface area contributed by atoms with Crippen molar-refractivity contribution in [3.8, 4) is 5.75 Å². The second kappa shape index (κ2) is 4.56. The third-order valence-corrected chi connectivity index (χ3v) is 2.22. The third kappa shape index (κ3) is 2.36. The van der Waals surface area contributed by atoms with Gasteiger partial charge >= 0.3 is 0 Å². The number of hydrogen-bond donors (Lipinski definition) is 3. The number of aromatic nitrogens is 2. The Labute approximate surface area is 97.8 Å². The number of anilines is 2.